The van der Waals surface area contributed by atoms with Gasteiger partial charge in [-0.2, -0.15) is 0 Å². The van der Waals surface area contributed by atoms with Gasteiger partial charge >= 0.3 is 0 Å². The number of carbonyl (C=O) groups excluding carboxylic acids is 1. The Hall–Kier alpha value is -2.14. The lowest BCUT2D eigenvalue weighted by Gasteiger charge is -2.26. The van der Waals surface area contributed by atoms with Crippen LogP contribution < -0.4 is 0 Å². The highest BCUT2D eigenvalue weighted by molar-refractivity contribution is 5.77. The van der Waals surface area contributed by atoms with Crippen LogP contribution in [0.1, 0.15) is 19.3 Å². The number of fused-ring (bicyclic) bond motifs is 1. The smallest absolute Gasteiger partial charge is 0.242 e. The molecule has 126 valence electrons. The van der Waals surface area contributed by atoms with E-state index in [9.17, 15) is 9.90 Å². The van der Waals surface area contributed by atoms with Gasteiger partial charge in [0.1, 0.15) is 12.4 Å². The zero-order chi connectivity index (χ0) is 16.6. The van der Waals surface area contributed by atoms with Gasteiger partial charge in [-0.15, -0.1) is 0 Å². The van der Waals surface area contributed by atoms with Crippen molar-refractivity contribution in [1.82, 2.24) is 14.5 Å². The van der Waals surface area contributed by atoms with Crippen LogP contribution in [0.5, 0.6) is 0 Å². The minimum absolute atomic E-state index is 0.0488. The third-order valence-electron chi connectivity index (χ3n) is 5.76. The molecule has 1 aromatic carbocycles. The van der Waals surface area contributed by atoms with Gasteiger partial charge in [0.2, 0.25) is 5.91 Å². The van der Waals surface area contributed by atoms with E-state index < -0.39 is 0 Å². The highest BCUT2D eigenvalue weighted by Crippen LogP contribution is 2.48. The van der Waals surface area contributed by atoms with Crippen molar-refractivity contribution in [3.8, 4) is 11.4 Å². The molecule has 1 N–H and O–H groups in total. The molecule has 0 radical (unpaired) electrons. The number of hydrogen-bond donors (Lipinski definition) is 1. The average Bonchev–Trinajstić information content (AvgIpc) is 3.29. The second-order valence-electron chi connectivity index (χ2n) is 7.13. The summed E-state index contributed by atoms with van der Waals surface area (Å²) in [4.78, 5) is 19.1. The molecule has 2 heterocycles. The van der Waals surface area contributed by atoms with Crippen molar-refractivity contribution in [2.45, 2.75) is 25.8 Å². The summed E-state index contributed by atoms with van der Waals surface area (Å²) in [5.74, 6) is 1.40. The van der Waals surface area contributed by atoms with Crippen molar-refractivity contribution in [2.75, 3.05) is 19.7 Å². The molecule has 2 aliphatic rings. The highest BCUT2D eigenvalue weighted by atomic mass is 16.3. The molecule has 5 heteroatoms. The molecule has 2 atom stereocenters. The Morgan fingerprint density at radius 1 is 1.33 bits per heavy atom. The maximum atomic E-state index is 12.8. The van der Waals surface area contributed by atoms with Crippen LogP contribution >= 0.6 is 0 Å². The first-order valence-electron chi connectivity index (χ1n) is 8.67. The molecule has 1 amide bonds. The number of benzene rings is 1. The first-order chi connectivity index (χ1) is 11.7. The van der Waals surface area contributed by atoms with E-state index in [2.05, 4.69) is 4.98 Å². The number of hydrogen-bond acceptors (Lipinski definition) is 3. The molecule has 2 aromatic rings. The van der Waals surface area contributed by atoms with Crippen molar-refractivity contribution in [3.05, 3.63) is 42.7 Å². The zero-order valence-electron chi connectivity index (χ0n) is 13.8. The number of aliphatic hydroxyl groups is 1. The van der Waals surface area contributed by atoms with Crippen LogP contribution in [-0.4, -0.2) is 45.2 Å². The summed E-state index contributed by atoms with van der Waals surface area (Å²) >= 11 is 0. The van der Waals surface area contributed by atoms with E-state index in [1.807, 2.05) is 46.0 Å². The Morgan fingerprint density at radius 2 is 2.17 bits per heavy atom. The monoisotopic (exact) mass is 325 g/mol. The van der Waals surface area contributed by atoms with E-state index in [0.717, 1.165) is 30.8 Å². The first-order valence-corrected chi connectivity index (χ1v) is 8.67. The van der Waals surface area contributed by atoms with E-state index in [4.69, 9.17) is 0 Å². The molecule has 0 spiro atoms. The quantitative estimate of drug-likeness (QED) is 0.937. The van der Waals surface area contributed by atoms with Crippen molar-refractivity contribution >= 4 is 5.91 Å². The van der Waals surface area contributed by atoms with Crippen molar-refractivity contribution in [1.29, 1.82) is 0 Å². The normalized spacial score (nSPS) is 25.9. The van der Waals surface area contributed by atoms with Gasteiger partial charge in [0, 0.05) is 36.5 Å². The molecule has 2 fully saturated rings. The summed E-state index contributed by atoms with van der Waals surface area (Å²) in [5, 5.41) is 9.82. The van der Waals surface area contributed by atoms with E-state index in [0.29, 0.717) is 19.0 Å². The number of rotatable bonds is 4. The van der Waals surface area contributed by atoms with E-state index in [1.165, 1.54) is 6.42 Å². The standard InChI is InChI=1S/C19H23N3O2/c23-14-19-8-4-7-16(19)11-22(13-19)17(24)12-21-10-9-20-18(21)15-5-2-1-3-6-15/h1-3,5-6,9-10,16,23H,4,7-8,11-14H2/t16-,19+/m0/s1. The van der Waals surface area contributed by atoms with Gasteiger partial charge in [0.15, 0.2) is 0 Å². The number of imidazole rings is 1. The topological polar surface area (TPSA) is 58.4 Å². The minimum atomic E-state index is -0.0488. The Kier molecular flexibility index (Phi) is 3.88. The molecule has 5 nitrogen and oxygen atoms in total. The molecule has 1 aromatic heterocycles. The van der Waals surface area contributed by atoms with Gasteiger partial charge in [-0.25, -0.2) is 4.98 Å². The molecule has 1 saturated carbocycles. The third kappa shape index (κ3) is 2.53. The van der Waals surface area contributed by atoms with E-state index >= 15 is 0 Å². The molecular formula is C19H23N3O2. The lowest BCUT2D eigenvalue weighted by atomic mass is 9.82. The molecular weight excluding hydrogens is 302 g/mol. The zero-order valence-corrected chi connectivity index (χ0v) is 13.8. The summed E-state index contributed by atoms with van der Waals surface area (Å²) in [7, 11) is 0. The predicted molar refractivity (Wildman–Crippen MR) is 91.1 cm³/mol. The molecule has 24 heavy (non-hydrogen) atoms. The van der Waals surface area contributed by atoms with Crippen molar-refractivity contribution in [3.63, 3.8) is 0 Å². The number of aliphatic hydroxyl groups excluding tert-OH is 1. The van der Waals surface area contributed by atoms with Crippen LogP contribution in [-0.2, 0) is 11.3 Å². The molecule has 1 saturated heterocycles. The maximum absolute atomic E-state index is 12.8. The van der Waals surface area contributed by atoms with Crippen molar-refractivity contribution < 1.29 is 9.90 Å². The van der Waals surface area contributed by atoms with Gasteiger partial charge in [-0.05, 0) is 18.8 Å². The number of amides is 1. The summed E-state index contributed by atoms with van der Waals surface area (Å²) in [6.45, 7) is 1.98. The Bertz CT molecular complexity index is 727. The summed E-state index contributed by atoms with van der Waals surface area (Å²) in [6.07, 6.45) is 6.94. The number of likely N-dealkylation sites (tertiary alicyclic amines) is 1. The van der Waals surface area contributed by atoms with Gasteiger partial charge in [-0.1, -0.05) is 36.8 Å². The van der Waals surface area contributed by atoms with E-state index in [-0.39, 0.29) is 17.9 Å². The summed E-state index contributed by atoms with van der Waals surface area (Å²) < 4.78 is 1.91. The van der Waals surface area contributed by atoms with Crippen LogP contribution in [0.15, 0.2) is 42.7 Å². The van der Waals surface area contributed by atoms with Gasteiger partial charge in [0.25, 0.3) is 0 Å². The fourth-order valence-corrected chi connectivity index (χ4v) is 4.39. The minimum Gasteiger partial charge on any atom is -0.396 e. The van der Waals surface area contributed by atoms with Crippen LogP contribution in [0.3, 0.4) is 0 Å². The third-order valence-corrected chi connectivity index (χ3v) is 5.76. The summed E-state index contributed by atoms with van der Waals surface area (Å²) in [5.41, 5.74) is 0.966. The average molecular weight is 325 g/mol. The fraction of sp³-hybridized carbons (Fsp3) is 0.474. The lowest BCUT2D eigenvalue weighted by Crippen LogP contribution is -2.35. The van der Waals surface area contributed by atoms with Gasteiger partial charge in [0.05, 0.1) is 6.61 Å². The highest BCUT2D eigenvalue weighted by Gasteiger charge is 2.50. The van der Waals surface area contributed by atoms with E-state index in [1.54, 1.807) is 6.20 Å². The second kappa shape index (κ2) is 6.06. The number of aromatic nitrogens is 2. The SMILES string of the molecule is O=C(Cn1ccnc1-c1ccccc1)N1C[C@@H]2CCC[C@]2(CO)C1. The number of nitrogens with zero attached hydrogens (tertiary/aromatic N) is 3. The van der Waals surface area contributed by atoms with Crippen LogP contribution in [0.4, 0.5) is 0 Å². The first kappa shape index (κ1) is 15.4. The molecule has 1 aliphatic heterocycles. The molecule has 0 bridgehead atoms. The van der Waals surface area contributed by atoms with Gasteiger partial charge < -0.3 is 14.6 Å². The molecule has 0 unspecified atom stereocenters. The predicted octanol–water partition coefficient (Wildman–Crippen LogP) is 2.17. The number of carbonyl (C=O) groups is 1. The molecule has 1 aliphatic carbocycles. The van der Waals surface area contributed by atoms with Gasteiger partial charge in [-0.3, -0.25) is 4.79 Å². The largest absolute Gasteiger partial charge is 0.396 e. The maximum Gasteiger partial charge on any atom is 0.242 e. The Balaban J connectivity index is 1.49. The fourth-order valence-electron chi connectivity index (χ4n) is 4.39. The second-order valence-corrected chi connectivity index (χ2v) is 7.13. The van der Waals surface area contributed by atoms with Crippen LogP contribution in [0.2, 0.25) is 0 Å². The summed E-state index contributed by atoms with van der Waals surface area (Å²) in [6, 6.07) is 9.93. The molecule has 4 rings (SSSR count). The van der Waals surface area contributed by atoms with Crippen molar-refractivity contribution in [2.24, 2.45) is 11.3 Å². The lowest BCUT2D eigenvalue weighted by molar-refractivity contribution is -0.131. The van der Waals surface area contributed by atoms with Crippen LogP contribution in [0.25, 0.3) is 11.4 Å². The van der Waals surface area contributed by atoms with Crippen LogP contribution in [0, 0.1) is 11.3 Å². The Labute approximate surface area is 141 Å². The Morgan fingerprint density at radius 3 is 2.92 bits per heavy atom.